The summed E-state index contributed by atoms with van der Waals surface area (Å²) < 4.78 is 0. The van der Waals surface area contributed by atoms with Crippen molar-refractivity contribution in [3.8, 4) is 0 Å². The monoisotopic (exact) mass is 229 g/mol. The van der Waals surface area contributed by atoms with Crippen LogP contribution in [0.1, 0.15) is 18.4 Å². The summed E-state index contributed by atoms with van der Waals surface area (Å²) in [5, 5.41) is 0.875. The molecule has 1 aromatic rings. The van der Waals surface area contributed by atoms with Gasteiger partial charge in [-0.05, 0) is 55.8 Å². The summed E-state index contributed by atoms with van der Waals surface area (Å²) in [5.41, 5.74) is 6.69. The fraction of sp³-hybridized carbons (Fsp3) is 0.455. The van der Waals surface area contributed by atoms with Gasteiger partial charge in [0, 0.05) is 9.92 Å². The maximum absolute atomic E-state index is 6.09. The Morgan fingerprint density at radius 3 is 2.79 bits per heavy atom. The van der Waals surface area contributed by atoms with Gasteiger partial charge in [-0.2, -0.15) is 0 Å². The fourth-order valence-electron chi connectivity index (χ4n) is 1.33. The van der Waals surface area contributed by atoms with E-state index in [-0.39, 0.29) is 0 Å². The molecule has 0 unspecified atom stereocenters. The number of halogens is 1. The van der Waals surface area contributed by atoms with Gasteiger partial charge in [0.25, 0.3) is 0 Å². The third kappa shape index (κ3) is 3.52. The number of hydrogen-bond acceptors (Lipinski definition) is 2. The first-order valence-corrected chi connectivity index (χ1v) is 6.40. The van der Waals surface area contributed by atoms with Crippen molar-refractivity contribution >= 4 is 23.4 Å². The molecule has 0 heterocycles. The fourth-order valence-corrected chi connectivity index (χ4v) is 2.01. The van der Waals surface area contributed by atoms with Gasteiger partial charge in [0.1, 0.15) is 0 Å². The van der Waals surface area contributed by atoms with Crippen molar-refractivity contribution in [1.82, 2.24) is 0 Å². The van der Waals surface area contributed by atoms with E-state index in [1.165, 1.54) is 10.5 Å². The van der Waals surface area contributed by atoms with Crippen LogP contribution in [-0.4, -0.2) is 12.8 Å². The number of rotatable bonds is 5. The van der Waals surface area contributed by atoms with Crippen molar-refractivity contribution in [2.24, 2.45) is 5.73 Å². The molecule has 0 atom stereocenters. The molecule has 0 aromatic heterocycles. The summed E-state index contributed by atoms with van der Waals surface area (Å²) in [5.74, 6) is 0. The Morgan fingerprint density at radius 1 is 1.36 bits per heavy atom. The van der Waals surface area contributed by atoms with Gasteiger partial charge in [-0.15, -0.1) is 11.8 Å². The van der Waals surface area contributed by atoms with Crippen molar-refractivity contribution < 1.29 is 0 Å². The molecular formula is C11H16ClNS. The van der Waals surface area contributed by atoms with E-state index in [2.05, 4.69) is 18.4 Å². The molecule has 0 saturated heterocycles. The molecule has 3 heteroatoms. The number of benzene rings is 1. The molecule has 1 aromatic carbocycles. The summed E-state index contributed by atoms with van der Waals surface area (Å²) in [6, 6.07) is 6.20. The number of thioether (sulfide) groups is 1. The molecule has 0 aliphatic rings. The van der Waals surface area contributed by atoms with Gasteiger partial charge in [0.05, 0.1) is 0 Å². The van der Waals surface area contributed by atoms with E-state index in [0.29, 0.717) is 0 Å². The minimum Gasteiger partial charge on any atom is -0.330 e. The van der Waals surface area contributed by atoms with Crippen molar-refractivity contribution in [3.05, 3.63) is 28.8 Å². The summed E-state index contributed by atoms with van der Waals surface area (Å²) in [6.07, 6.45) is 5.30. The third-order valence-corrected chi connectivity index (χ3v) is 3.25. The maximum atomic E-state index is 6.09. The van der Waals surface area contributed by atoms with Crippen molar-refractivity contribution in [2.45, 2.75) is 24.2 Å². The molecule has 0 aliphatic carbocycles. The van der Waals surface area contributed by atoms with E-state index in [4.69, 9.17) is 17.3 Å². The van der Waals surface area contributed by atoms with E-state index >= 15 is 0 Å². The number of hydrogen-bond donors (Lipinski definition) is 1. The lowest BCUT2D eigenvalue weighted by Crippen LogP contribution is -1.99. The van der Waals surface area contributed by atoms with Gasteiger partial charge in [-0.3, -0.25) is 0 Å². The smallest absolute Gasteiger partial charge is 0.0438 e. The van der Waals surface area contributed by atoms with Crippen LogP contribution in [-0.2, 0) is 6.42 Å². The maximum Gasteiger partial charge on any atom is 0.0438 e. The van der Waals surface area contributed by atoms with Crippen LogP contribution in [0.5, 0.6) is 0 Å². The average Bonchev–Trinajstić information content (AvgIpc) is 2.21. The normalized spacial score (nSPS) is 10.5. The molecule has 0 radical (unpaired) electrons. The Balaban J connectivity index is 2.64. The minimum absolute atomic E-state index is 0.764. The predicted octanol–water partition coefficient (Wildman–Crippen LogP) is 3.34. The number of aryl methyl sites for hydroxylation is 1. The summed E-state index contributed by atoms with van der Waals surface area (Å²) in [4.78, 5) is 1.28. The predicted molar refractivity (Wildman–Crippen MR) is 65.2 cm³/mol. The zero-order valence-electron chi connectivity index (χ0n) is 8.42. The molecule has 0 spiro atoms. The molecule has 14 heavy (non-hydrogen) atoms. The zero-order chi connectivity index (χ0) is 10.4. The average molecular weight is 230 g/mol. The molecule has 0 aliphatic heterocycles. The summed E-state index contributed by atoms with van der Waals surface area (Å²) in [6.45, 7) is 0.764. The van der Waals surface area contributed by atoms with Gasteiger partial charge in [-0.25, -0.2) is 0 Å². The molecule has 1 nitrogen and oxygen atoms in total. The van der Waals surface area contributed by atoms with Crippen LogP contribution in [0.4, 0.5) is 0 Å². The Kier molecular flexibility index (Phi) is 5.38. The lowest BCUT2D eigenvalue weighted by Gasteiger charge is -2.05. The highest BCUT2D eigenvalue weighted by Gasteiger charge is 2.01. The Bertz CT molecular complexity index is 289. The summed E-state index contributed by atoms with van der Waals surface area (Å²) in [7, 11) is 0. The Hall–Kier alpha value is -0.180. The Morgan fingerprint density at radius 2 is 2.14 bits per heavy atom. The molecular weight excluding hydrogens is 214 g/mol. The Labute approximate surface area is 95.0 Å². The van der Waals surface area contributed by atoms with Crippen LogP contribution in [0, 0.1) is 0 Å². The molecule has 1 rings (SSSR count). The first-order chi connectivity index (χ1) is 6.77. The standard InChI is InChI=1S/C11H16ClNS/c1-14-10-5-6-11(12)9(8-10)4-2-3-7-13/h5-6,8H,2-4,7,13H2,1H3. The number of unbranched alkanes of at least 4 members (excludes halogenated alkanes) is 1. The van der Waals surface area contributed by atoms with Gasteiger partial charge in [-0.1, -0.05) is 11.6 Å². The highest BCUT2D eigenvalue weighted by Crippen LogP contribution is 2.24. The van der Waals surface area contributed by atoms with E-state index < -0.39 is 0 Å². The highest BCUT2D eigenvalue weighted by atomic mass is 35.5. The molecule has 0 bridgehead atoms. The molecule has 78 valence electrons. The third-order valence-electron chi connectivity index (χ3n) is 2.15. The SMILES string of the molecule is CSc1ccc(Cl)c(CCCCN)c1. The van der Waals surface area contributed by atoms with E-state index in [1.807, 2.05) is 6.07 Å². The molecule has 0 saturated carbocycles. The van der Waals surface area contributed by atoms with Crippen LogP contribution >= 0.6 is 23.4 Å². The summed E-state index contributed by atoms with van der Waals surface area (Å²) >= 11 is 7.84. The lowest BCUT2D eigenvalue weighted by molar-refractivity contribution is 0.744. The molecule has 0 amide bonds. The van der Waals surface area contributed by atoms with E-state index in [9.17, 15) is 0 Å². The van der Waals surface area contributed by atoms with Crippen molar-refractivity contribution in [3.63, 3.8) is 0 Å². The largest absolute Gasteiger partial charge is 0.330 e. The van der Waals surface area contributed by atoms with Gasteiger partial charge < -0.3 is 5.73 Å². The van der Waals surface area contributed by atoms with Crippen molar-refractivity contribution in [2.75, 3.05) is 12.8 Å². The number of nitrogens with two attached hydrogens (primary N) is 1. The van der Waals surface area contributed by atoms with Crippen LogP contribution in [0.15, 0.2) is 23.1 Å². The minimum atomic E-state index is 0.764. The van der Waals surface area contributed by atoms with E-state index in [1.54, 1.807) is 11.8 Å². The van der Waals surface area contributed by atoms with Crippen molar-refractivity contribution in [1.29, 1.82) is 0 Å². The molecule has 2 N–H and O–H groups in total. The van der Waals surface area contributed by atoms with Gasteiger partial charge >= 0.3 is 0 Å². The van der Waals surface area contributed by atoms with E-state index in [0.717, 1.165) is 30.8 Å². The molecule has 0 fully saturated rings. The second-order valence-corrected chi connectivity index (χ2v) is 4.49. The lowest BCUT2D eigenvalue weighted by atomic mass is 10.1. The van der Waals surface area contributed by atoms with Gasteiger partial charge in [0.2, 0.25) is 0 Å². The second-order valence-electron chi connectivity index (χ2n) is 3.20. The van der Waals surface area contributed by atoms with Crippen LogP contribution < -0.4 is 5.73 Å². The second kappa shape index (κ2) is 6.33. The van der Waals surface area contributed by atoms with Crippen LogP contribution in [0.3, 0.4) is 0 Å². The first-order valence-electron chi connectivity index (χ1n) is 4.80. The zero-order valence-corrected chi connectivity index (χ0v) is 10.00. The van der Waals surface area contributed by atoms with Gasteiger partial charge in [0.15, 0.2) is 0 Å². The van der Waals surface area contributed by atoms with Crippen LogP contribution in [0.25, 0.3) is 0 Å². The van der Waals surface area contributed by atoms with Crippen LogP contribution in [0.2, 0.25) is 5.02 Å². The topological polar surface area (TPSA) is 26.0 Å². The highest BCUT2D eigenvalue weighted by molar-refractivity contribution is 7.98. The quantitative estimate of drug-likeness (QED) is 0.619. The first kappa shape index (κ1) is 11.9.